The van der Waals surface area contributed by atoms with E-state index in [-0.39, 0.29) is 18.2 Å². The van der Waals surface area contributed by atoms with E-state index in [4.69, 9.17) is 9.47 Å². The molecule has 1 saturated heterocycles. The molecule has 1 atom stereocenters. The molecule has 8 heteroatoms. The van der Waals surface area contributed by atoms with Gasteiger partial charge in [-0.05, 0) is 43.0 Å². The number of hydrogen-bond donors (Lipinski definition) is 1. The molecule has 0 aliphatic carbocycles. The normalized spacial score (nSPS) is 17.4. The number of anilines is 1. The molecule has 0 radical (unpaired) electrons. The Labute approximate surface area is 178 Å². The van der Waals surface area contributed by atoms with Crippen LogP contribution in [0.1, 0.15) is 24.0 Å². The van der Waals surface area contributed by atoms with Crippen molar-refractivity contribution < 1.29 is 22.7 Å². The van der Waals surface area contributed by atoms with E-state index >= 15 is 0 Å². The molecule has 1 fully saturated rings. The second-order valence-electron chi connectivity index (χ2n) is 7.44. The van der Waals surface area contributed by atoms with Crippen LogP contribution >= 0.6 is 0 Å². The molecule has 0 saturated carbocycles. The number of ether oxygens (including phenoxy) is 2. The topological polar surface area (TPSA) is 84.9 Å². The monoisotopic (exact) mass is 432 g/mol. The van der Waals surface area contributed by atoms with Gasteiger partial charge in [0.2, 0.25) is 15.9 Å². The minimum atomic E-state index is -3.51. The smallest absolute Gasteiger partial charge is 0.228 e. The number of amides is 1. The van der Waals surface area contributed by atoms with Crippen molar-refractivity contribution in [3.05, 3.63) is 53.6 Å². The Bertz CT molecular complexity index is 1010. The lowest BCUT2D eigenvalue weighted by atomic mass is 9.98. The summed E-state index contributed by atoms with van der Waals surface area (Å²) >= 11 is 0. The molecule has 1 amide bonds. The minimum Gasteiger partial charge on any atom is -0.497 e. The molecule has 1 heterocycles. The number of sulfonamides is 1. The number of piperidine rings is 1. The van der Waals surface area contributed by atoms with Crippen LogP contribution in [0.15, 0.2) is 42.5 Å². The fourth-order valence-electron chi connectivity index (χ4n) is 3.61. The van der Waals surface area contributed by atoms with E-state index in [1.165, 1.54) is 11.4 Å². The third kappa shape index (κ3) is 5.12. The Hall–Kier alpha value is -2.58. The summed E-state index contributed by atoms with van der Waals surface area (Å²) in [6.07, 6.45) is 1.28. The molecule has 3 rings (SSSR count). The van der Waals surface area contributed by atoms with Gasteiger partial charge in [-0.25, -0.2) is 12.7 Å². The lowest BCUT2D eigenvalue weighted by Crippen LogP contribution is -2.44. The largest absolute Gasteiger partial charge is 0.497 e. The summed E-state index contributed by atoms with van der Waals surface area (Å²) in [5.41, 5.74) is 2.26. The van der Waals surface area contributed by atoms with Gasteiger partial charge in [0, 0.05) is 19.2 Å². The number of nitrogens with one attached hydrogen (secondary N) is 1. The summed E-state index contributed by atoms with van der Waals surface area (Å²) in [6.45, 7) is 2.52. The Morgan fingerprint density at radius 3 is 2.63 bits per heavy atom. The number of nitrogens with zero attached hydrogens (tertiary/aromatic N) is 1. The predicted octanol–water partition coefficient (Wildman–Crippen LogP) is 3.19. The highest BCUT2D eigenvalue weighted by atomic mass is 32.2. The summed E-state index contributed by atoms with van der Waals surface area (Å²) in [6, 6.07) is 12.6. The third-order valence-electron chi connectivity index (χ3n) is 5.41. The molecule has 1 aliphatic heterocycles. The van der Waals surface area contributed by atoms with E-state index < -0.39 is 15.9 Å². The van der Waals surface area contributed by atoms with E-state index in [1.54, 1.807) is 25.3 Å². The van der Waals surface area contributed by atoms with Gasteiger partial charge in [-0.2, -0.15) is 0 Å². The third-order valence-corrected chi connectivity index (χ3v) is 7.21. The van der Waals surface area contributed by atoms with Crippen LogP contribution in [0.2, 0.25) is 0 Å². The van der Waals surface area contributed by atoms with Crippen LogP contribution in [0.3, 0.4) is 0 Å². The fourth-order valence-corrected chi connectivity index (χ4v) is 5.32. The number of carbonyl (C=O) groups is 1. The molecule has 30 heavy (non-hydrogen) atoms. The van der Waals surface area contributed by atoms with Crippen molar-refractivity contribution in [2.24, 2.45) is 5.92 Å². The molecule has 1 unspecified atom stereocenters. The number of carbonyl (C=O) groups excluding carboxylic acids is 1. The Morgan fingerprint density at radius 1 is 1.17 bits per heavy atom. The summed E-state index contributed by atoms with van der Waals surface area (Å²) in [5.74, 6) is 0.422. The van der Waals surface area contributed by atoms with Gasteiger partial charge < -0.3 is 14.8 Å². The molecule has 0 aromatic heterocycles. The summed E-state index contributed by atoms with van der Waals surface area (Å²) in [5, 5.41) is 2.87. The summed E-state index contributed by atoms with van der Waals surface area (Å²) in [4.78, 5) is 12.9. The maximum absolute atomic E-state index is 13.0. The predicted molar refractivity (Wildman–Crippen MR) is 116 cm³/mol. The molecule has 1 aliphatic rings. The quantitative estimate of drug-likeness (QED) is 0.726. The van der Waals surface area contributed by atoms with Gasteiger partial charge in [0.25, 0.3) is 0 Å². The van der Waals surface area contributed by atoms with Crippen LogP contribution in [0, 0.1) is 12.8 Å². The molecular formula is C22H28N2O5S. The van der Waals surface area contributed by atoms with Gasteiger partial charge in [0.15, 0.2) is 0 Å². The van der Waals surface area contributed by atoms with Crippen molar-refractivity contribution in [2.45, 2.75) is 25.5 Å². The zero-order chi connectivity index (χ0) is 21.7. The number of methoxy groups -OCH3 is 2. The van der Waals surface area contributed by atoms with E-state index in [0.717, 1.165) is 11.1 Å². The van der Waals surface area contributed by atoms with Crippen LogP contribution in [-0.2, 0) is 20.6 Å². The molecule has 0 spiro atoms. The zero-order valence-corrected chi connectivity index (χ0v) is 18.4. The molecule has 2 aromatic rings. The van der Waals surface area contributed by atoms with Crippen molar-refractivity contribution in [2.75, 3.05) is 32.6 Å². The first kappa shape index (κ1) is 22.1. The van der Waals surface area contributed by atoms with Gasteiger partial charge >= 0.3 is 0 Å². The van der Waals surface area contributed by atoms with Crippen LogP contribution < -0.4 is 14.8 Å². The summed E-state index contributed by atoms with van der Waals surface area (Å²) < 4.78 is 37.9. The number of benzene rings is 2. The average molecular weight is 433 g/mol. The highest BCUT2D eigenvalue weighted by Gasteiger charge is 2.33. The first-order valence-corrected chi connectivity index (χ1v) is 11.5. The first-order chi connectivity index (χ1) is 14.3. The highest BCUT2D eigenvalue weighted by molar-refractivity contribution is 7.88. The molecule has 7 nitrogen and oxygen atoms in total. The SMILES string of the molecule is COc1ccc(NC(=O)C2CCCN(S(=O)(=O)Cc3ccccc3C)C2)c(OC)c1. The van der Waals surface area contributed by atoms with Crippen molar-refractivity contribution in [1.29, 1.82) is 0 Å². The molecule has 162 valence electrons. The van der Waals surface area contributed by atoms with Gasteiger partial charge in [-0.15, -0.1) is 0 Å². The van der Waals surface area contributed by atoms with Gasteiger partial charge in [0.05, 0.1) is 31.6 Å². The number of aryl methyl sites for hydroxylation is 1. The van der Waals surface area contributed by atoms with Crippen LogP contribution in [0.4, 0.5) is 5.69 Å². The van der Waals surface area contributed by atoms with E-state index in [9.17, 15) is 13.2 Å². The van der Waals surface area contributed by atoms with Crippen molar-refractivity contribution >= 4 is 21.6 Å². The lowest BCUT2D eigenvalue weighted by molar-refractivity contribution is -0.120. The van der Waals surface area contributed by atoms with E-state index in [1.807, 2.05) is 31.2 Å². The number of hydrogen-bond acceptors (Lipinski definition) is 5. The van der Waals surface area contributed by atoms with Crippen LogP contribution in [0.5, 0.6) is 11.5 Å². The van der Waals surface area contributed by atoms with Crippen molar-refractivity contribution in [3.8, 4) is 11.5 Å². The lowest BCUT2D eigenvalue weighted by Gasteiger charge is -2.31. The van der Waals surface area contributed by atoms with Crippen molar-refractivity contribution in [3.63, 3.8) is 0 Å². The van der Waals surface area contributed by atoms with Gasteiger partial charge in [-0.3, -0.25) is 4.79 Å². The Balaban J connectivity index is 1.70. The van der Waals surface area contributed by atoms with E-state index in [2.05, 4.69) is 5.32 Å². The number of rotatable bonds is 7. The molecule has 2 aromatic carbocycles. The maximum Gasteiger partial charge on any atom is 0.228 e. The van der Waals surface area contributed by atoms with Gasteiger partial charge in [0.1, 0.15) is 11.5 Å². The highest BCUT2D eigenvalue weighted by Crippen LogP contribution is 2.30. The maximum atomic E-state index is 13.0. The minimum absolute atomic E-state index is 0.0552. The van der Waals surface area contributed by atoms with Crippen LogP contribution in [-0.4, -0.2) is 45.9 Å². The van der Waals surface area contributed by atoms with Crippen LogP contribution in [0.25, 0.3) is 0 Å². The second kappa shape index (κ2) is 9.49. The molecule has 1 N–H and O–H groups in total. The summed E-state index contributed by atoms with van der Waals surface area (Å²) in [7, 11) is -0.433. The molecule has 0 bridgehead atoms. The Morgan fingerprint density at radius 2 is 1.93 bits per heavy atom. The van der Waals surface area contributed by atoms with Gasteiger partial charge in [-0.1, -0.05) is 24.3 Å². The molecular weight excluding hydrogens is 404 g/mol. The second-order valence-corrected chi connectivity index (χ2v) is 9.40. The van der Waals surface area contributed by atoms with Crippen molar-refractivity contribution in [1.82, 2.24) is 4.31 Å². The Kier molecular flexibility index (Phi) is 6.99. The average Bonchev–Trinajstić information content (AvgIpc) is 2.75. The fraction of sp³-hybridized carbons (Fsp3) is 0.409. The first-order valence-electron chi connectivity index (χ1n) is 9.89. The zero-order valence-electron chi connectivity index (χ0n) is 17.6. The standard InChI is InChI=1S/C22H28N2O5S/c1-16-7-4-5-8-18(16)15-30(26,27)24-12-6-9-17(14-24)22(25)23-20-11-10-19(28-2)13-21(20)29-3/h4-5,7-8,10-11,13,17H,6,9,12,14-15H2,1-3H3,(H,23,25). The van der Waals surface area contributed by atoms with E-state index in [0.29, 0.717) is 36.6 Å².